The van der Waals surface area contributed by atoms with Crippen molar-refractivity contribution in [2.45, 2.75) is 90.0 Å². The van der Waals surface area contributed by atoms with Crippen molar-refractivity contribution < 1.29 is 19.1 Å². The third kappa shape index (κ3) is 8.67. The highest BCUT2D eigenvalue weighted by molar-refractivity contribution is 7.81. The second-order valence-electron chi connectivity index (χ2n) is 7.47. The molecule has 1 aliphatic carbocycles. The minimum Gasteiger partial charge on any atom is -0.391 e. The summed E-state index contributed by atoms with van der Waals surface area (Å²) in [7, 11) is 0. The molecule has 0 radical (unpaired) electrons. The van der Waals surface area contributed by atoms with Gasteiger partial charge in [0.15, 0.2) is 5.78 Å². The topological polar surface area (TPSA) is 86.5 Å². The van der Waals surface area contributed by atoms with Crippen molar-refractivity contribution in [1.29, 1.82) is 0 Å². The van der Waals surface area contributed by atoms with Gasteiger partial charge in [-0.15, -0.1) is 0 Å². The standard InChI is InChI=1S/C20H35NO4S/c1-2-3-4-5-9-12-16(18(22)14-26)19(23)25-20(24)17(21)13-15-10-7-6-8-11-15/h15-17,26H,2-14,21H2,1H3/t16?,17-/m0/s1. The first kappa shape index (κ1) is 23.2. The lowest BCUT2D eigenvalue weighted by atomic mass is 9.85. The molecule has 0 aromatic heterocycles. The molecule has 5 nitrogen and oxygen atoms in total. The molecule has 2 N–H and O–H groups in total. The molecule has 0 aliphatic heterocycles. The maximum atomic E-state index is 12.3. The molecule has 0 aromatic carbocycles. The number of carbonyl (C=O) groups excluding carboxylic acids is 3. The molecule has 1 aliphatic rings. The van der Waals surface area contributed by atoms with E-state index in [1.54, 1.807) is 0 Å². The molecular formula is C20H35NO4S. The quantitative estimate of drug-likeness (QED) is 0.231. The fourth-order valence-electron chi connectivity index (χ4n) is 3.60. The number of ether oxygens (including phenoxy) is 1. The molecule has 6 heteroatoms. The summed E-state index contributed by atoms with van der Waals surface area (Å²) in [4.78, 5) is 36.5. The SMILES string of the molecule is CCCCCCCC(C(=O)CS)C(=O)OC(=O)[C@@H](N)CC1CCCCC1. The molecule has 0 heterocycles. The number of unbranched alkanes of at least 4 members (excludes halogenated alkanes) is 4. The molecule has 2 atom stereocenters. The van der Waals surface area contributed by atoms with E-state index in [1.807, 2.05) is 0 Å². The maximum Gasteiger partial charge on any atom is 0.330 e. The third-order valence-corrected chi connectivity index (χ3v) is 5.55. The highest BCUT2D eigenvalue weighted by Crippen LogP contribution is 2.27. The normalized spacial score (nSPS) is 17.5. The first-order chi connectivity index (χ1) is 12.5. The summed E-state index contributed by atoms with van der Waals surface area (Å²) < 4.78 is 4.96. The Labute approximate surface area is 163 Å². The van der Waals surface area contributed by atoms with E-state index in [4.69, 9.17) is 10.5 Å². The van der Waals surface area contributed by atoms with Crippen LogP contribution in [0.15, 0.2) is 0 Å². The lowest BCUT2D eigenvalue weighted by Crippen LogP contribution is -2.38. The van der Waals surface area contributed by atoms with Crippen LogP contribution in [0.5, 0.6) is 0 Å². The van der Waals surface area contributed by atoms with Crippen LogP contribution in [0.3, 0.4) is 0 Å². The average Bonchev–Trinajstić information content (AvgIpc) is 2.64. The van der Waals surface area contributed by atoms with Crippen molar-refractivity contribution in [2.75, 3.05) is 5.75 Å². The van der Waals surface area contributed by atoms with Gasteiger partial charge in [0, 0.05) is 0 Å². The van der Waals surface area contributed by atoms with Crippen LogP contribution in [0, 0.1) is 11.8 Å². The number of thiol groups is 1. The van der Waals surface area contributed by atoms with Gasteiger partial charge in [0.2, 0.25) is 0 Å². The van der Waals surface area contributed by atoms with Gasteiger partial charge in [0.05, 0.1) is 5.75 Å². The van der Waals surface area contributed by atoms with Crippen molar-refractivity contribution in [3.05, 3.63) is 0 Å². The van der Waals surface area contributed by atoms with Crippen LogP contribution in [0.2, 0.25) is 0 Å². The number of hydrogen-bond donors (Lipinski definition) is 2. The highest BCUT2D eigenvalue weighted by atomic mass is 32.1. The number of Topliss-reactive ketones (excluding diaryl/α,β-unsaturated/α-hetero) is 1. The third-order valence-electron chi connectivity index (χ3n) is 5.24. The van der Waals surface area contributed by atoms with Gasteiger partial charge < -0.3 is 10.5 Å². The highest BCUT2D eigenvalue weighted by Gasteiger charge is 2.31. The molecule has 1 unspecified atom stereocenters. The summed E-state index contributed by atoms with van der Waals surface area (Å²) in [5, 5.41) is 0. The van der Waals surface area contributed by atoms with Gasteiger partial charge in [0.1, 0.15) is 12.0 Å². The zero-order chi connectivity index (χ0) is 19.4. The van der Waals surface area contributed by atoms with Crippen molar-refractivity contribution in [2.24, 2.45) is 17.6 Å². The Morgan fingerprint density at radius 2 is 1.69 bits per heavy atom. The number of ketones is 1. The van der Waals surface area contributed by atoms with Crippen molar-refractivity contribution in [3.63, 3.8) is 0 Å². The van der Waals surface area contributed by atoms with E-state index >= 15 is 0 Å². The van der Waals surface area contributed by atoms with Crippen molar-refractivity contribution in [3.8, 4) is 0 Å². The van der Waals surface area contributed by atoms with E-state index in [-0.39, 0.29) is 11.5 Å². The Bertz CT molecular complexity index is 449. The van der Waals surface area contributed by atoms with Gasteiger partial charge in [-0.3, -0.25) is 9.59 Å². The van der Waals surface area contributed by atoms with E-state index in [0.29, 0.717) is 18.8 Å². The second-order valence-corrected chi connectivity index (χ2v) is 7.78. The number of rotatable bonds is 12. The molecule has 0 aromatic rings. The molecule has 0 amide bonds. The number of hydrogen-bond acceptors (Lipinski definition) is 6. The molecule has 26 heavy (non-hydrogen) atoms. The van der Waals surface area contributed by atoms with Gasteiger partial charge in [-0.25, -0.2) is 4.79 Å². The fourth-order valence-corrected chi connectivity index (χ4v) is 3.82. The average molecular weight is 386 g/mol. The predicted octanol–water partition coefficient (Wildman–Crippen LogP) is 3.83. The minimum absolute atomic E-state index is 0.0307. The smallest absolute Gasteiger partial charge is 0.330 e. The lowest BCUT2D eigenvalue weighted by Gasteiger charge is -2.23. The van der Waals surface area contributed by atoms with E-state index in [1.165, 1.54) is 19.3 Å². The van der Waals surface area contributed by atoms with Gasteiger partial charge in [-0.05, 0) is 18.8 Å². The van der Waals surface area contributed by atoms with Crippen LogP contribution >= 0.6 is 12.6 Å². The fraction of sp³-hybridized carbons (Fsp3) is 0.850. The zero-order valence-corrected chi connectivity index (χ0v) is 17.0. The van der Waals surface area contributed by atoms with Crippen molar-refractivity contribution >= 4 is 30.4 Å². The molecule has 1 fully saturated rings. The molecule has 150 valence electrons. The Hall–Kier alpha value is -0.880. The Morgan fingerprint density at radius 3 is 2.31 bits per heavy atom. The molecular weight excluding hydrogens is 350 g/mol. The summed E-state index contributed by atoms with van der Waals surface area (Å²) >= 11 is 3.98. The van der Waals surface area contributed by atoms with Crippen LogP contribution < -0.4 is 5.73 Å². The molecule has 0 saturated heterocycles. The Balaban J connectivity index is 2.46. The number of carbonyl (C=O) groups is 3. The molecule has 1 rings (SSSR count). The minimum atomic E-state index is -0.903. The zero-order valence-electron chi connectivity index (χ0n) is 16.1. The monoisotopic (exact) mass is 385 g/mol. The molecule has 0 spiro atoms. The summed E-state index contributed by atoms with van der Waals surface area (Å²) in [5.74, 6) is -2.26. The van der Waals surface area contributed by atoms with Crippen LogP contribution in [0.25, 0.3) is 0 Å². The van der Waals surface area contributed by atoms with Crippen LogP contribution in [0.4, 0.5) is 0 Å². The number of nitrogens with two attached hydrogens (primary N) is 1. The van der Waals surface area contributed by atoms with E-state index < -0.39 is 23.9 Å². The first-order valence-corrected chi connectivity index (χ1v) is 10.8. The predicted molar refractivity (Wildman–Crippen MR) is 106 cm³/mol. The van der Waals surface area contributed by atoms with Gasteiger partial charge in [-0.1, -0.05) is 71.1 Å². The second kappa shape index (κ2) is 13.3. The summed E-state index contributed by atoms with van der Waals surface area (Å²) in [6.45, 7) is 2.13. The van der Waals surface area contributed by atoms with Crippen LogP contribution in [-0.4, -0.2) is 29.5 Å². The van der Waals surface area contributed by atoms with E-state index in [2.05, 4.69) is 19.6 Å². The maximum absolute atomic E-state index is 12.3. The largest absolute Gasteiger partial charge is 0.391 e. The lowest BCUT2D eigenvalue weighted by molar-refractivity contribution is -0.164. The molecule has 0 bridgehead atoms. The van der Waals surface area contributed by atoms with Gasteiger partial charge in [-0.2, -0.15) is 12.6 Å². The Kier molecular flexibility index (Phi) is 11.9. The van der Waals surface area contributed by atoms with E-state index in [0.717, 1.165) is 44.9 Å². The Morgan fingerprint density at radius 1 is 1.04 bits per heavy atom. The number of esters is 2. The van der Waals surface area contributed by atoms with Gasteiger partial charge in [0.25, 0.3) is 0 Å². The summed E-state index contributed by atoms with van der Waals surface area (Å²) in [6, 6.07) is -0.793. The first-order valence-electron chi connectivity index (χ1n) is 10.1. The van der Waals surface area contributed by atoms with Gasteiger partial charge >= 0.3 is 11.9 Å². The summed E-state index contributed by atoms with van der Waals surface area (Å²) in [6.07, 6.45) is 11.8. The molecule has 1 saturated carbocycles. The summed E-state index contributed by atoms with van der Waals surface area (Å²) in [5.41, 5.74) is 5.93. The van der Waals surface area contributed by atoms with Crippen molar-refractivity contribution in [1.82, 2.24) is 0 Å². The van der Waals surface area contributed by atoms with E-state index in [9.17, 15) is 14.4 Å². The van der Waals surface area contributed by atoms with Crippen LogP contribution in [0.1, 0.15) is 84.0 Å². The van der Waals surface area contributed by atoms with Crippen LogP contribution in [-0.2, 0) is 19.1 Å².